The molecule has 1 atom stereocenters. The van der Waals surface area contributed by atoms with Crippen LogP contribution in [0.5, 0.6) is 0 Å². The molecule has 2 fully saturated rings. The maximum Gasteiger partial charge on any atom is 0.233 e. The van der Waals surface area contributed by atoms with Crippen molar-refractivity contribution in [2.45, 2.75) is 45.7 Å². The fraction of sp³-hybridized carbons (Fsp3) is 0.500. The number of hydrogen-bond donors (Lipinski definition) is 0. The quantitative estimate of drug-likeness (QED) is 0.803. The molecule has 1 saturated carbocycles. The predicted molar refractivity (Wildman–Crippen MR) is 110 cm³/mol. The number of fused-ring (bicyclic) bond motifs is 1. The summed E-state index contributed by atoms with van der Waals surface area (Å²) in [5.41, 5.74) is 3.34. The van der Waals surface area contributed by atoms with Crippen LogP contribution < -0.4 is 9.80 Å². The van der Waals surface area contributed by atoms with Gasteiger partial charge in [0.15, 0.2) is 0 Å². The lowest BCUT2D eigenvalue weighted by Gasteiger charge is -2.41. The molecule has 1 saturated heterocycles. The van der Waals surface area contributed by atoms with Gasteiger partial charge in [-0.1, -0.05) is 13.0 Å². The van der Waals surface area contributed by atoms with Gasteiger partial charge < -0.3 is 14.5 Å². The molecule has 3 heterocycles. The van der Waals surface area contributed by atoms with Gasteiger partial charge in [-0.05, 0) is 37.5 Å². The Hall–Kier alpha value is -2.67. The van der Waals surface area contributed by atoms with Crippen molar-refractivity contribution >= 4 is 23.2 Å². The van der Waals surface area contributed by atoms with Gasteiger partial charge in [0.05, 0.1) is 42.9 Å². The average molecular weight is 394 g/mol. The van der Waals surface area contributed by atoms with Gasteiger partial charge >= 0.3 is 0 Å². The van der Waals surface area contributed by atoms with Crippen molar-refractivity contribution in [2.75, 3.05) is 29.6 Å². The van der Waals surface area contributed by atoms with Gasteiger partial charge in [-0.25, -0.2) is 0 Å². The van der Waals surface area contributed by atoms with Crippen LogP contribution in [0.15, 0.2) is 30.6 Å². The molecule has 0 spiro atoms. The number of carbonyl (C=O) groups is 2. The van der Waals surface area contributed by atoms with Crippen molar-refractivity contribution in [1.82, 2.24) is 9.78 Å². The number of anilines is 2. The first-order chi connectivity index (χ1) is 13.9. The van der Waals surface area contributed by atoms with Gasteiger partial charge in [0.1, 0.15) is 0 Å². The van der Waals surface area contributed by atoms with Gasteiger partial charge in [-0.2, -0.15) is 5.10 Å². The Bertz CT molecular complexity index is 990. The summed E-state index contributed by atoms with van der Waals surface area (Å²) in [7, 11) is 0. The lowest BCUT2D eigenvalue weighted by molar-refractivity contribution is -0.123. The Morgan fingerprint density at radius 1 is 1.17 bits per heavy atom. The number of ether oxygens (including phenoxy) is 1. The second-order valence-corrected chi connectivity index (χ2v) is 8.82. The smallest absolute Gasteiger partial charge is 0.233 e. The second-order valence-electron chi connectivity index (χ2n) is 8.82. The van der Waals surface area contributed by atoms with Crippen LogP contribution >= 0.6 is 0 Å². The first-order valence-corrected chi connectivity index (χ1v) is 10.3. The Kier molecular flexibility index (Phi) is 4.07. The summed E-state index contributed by atoms with van der Waals surface area (Å²) in [5.74, 6) is 0.155. The first-order valence-electron chi connectivity index (χ1n) is 10.3. The summed E-state index contributed by atoms with van der Waals surface area (Å²) in [4.78, 5) is 29.3. The molecule has 0 N–H and O–H groups in total. The van der Waals surface area contributed by atoms with Crippen LogP contribution in [0.4, 0.5) is 11.4 Å². The highest BCUT2D eigenvalue weighted by molar-refractivity contribution is 6.07. The van der Waals surface area contributed by atoms with Gasteiger partial charge in [-0.15, -0.1) is 0 Å². The van der Waals surface area contributed by atoms with Gasteiger partial charge in [-0.3, -0.25) is 14.3 Å². The van der Waals surface area contributed by atoms with Crippen LogP contribution in [0.1, 0.15) is 39.7 Å². The van der Waals surface area contributed by atoms with Crippen LogP contribution in [-0.2, 0) is 14.3 Å². The third-order valence-electron chi connectivity index (χ3n) is 6.44. The minimum atomic E-state index is -0.263. The number of aromatic nitrogens is 2. The molecule has 0 bridgehead atoms. The molecular formula is C22H26N4O3. The number of nitrogens with zero attached hydrogens (tertiary/aromatic N) is 4. The molecule has 29 heavy (non-hydrogen) atoms. The number of carbonyl (C=O) groups excluding carboxylic acids is 2. The summed E-state index contributed by atoms with van der Waals surface area (Å²) in [6, 6.07) is 6.23. The predicted octanol–water partition coefficient (Wildman–Crippen LogP) is 3.01. The molecular weight excluding hydrogens is 368 g/mol. The maximum atomic E-state index is 13.2. The third kappa shape index (κ3) is 2.95. The van der Waals surface area contributed by atoms with Crippen molar-refractivity contribution in [3.05, 3.63) is 30.6 Å². The molecule has 3 aliphatic rings. The zero-order valence-corrected chi connectivity index (χ0v) is 17.1. The van der Waals surface area contributed by atoms with Crippen molar-refractivity contribution in [1.29, 1.82) is 0 Å². The second kappa shape index (κ2) is 6.42. The fourth-order valence-electron chi connectivity index (χ4n) is 4.27. The Morgan fingerprint density at radius 3 is 2.55 bits per heavy atom. The molecule has 0 unspecified atom stereocenters. The average Bonchev–Trinajstić information content (AvgIpc) is 3.22. The zero-order valence-electron chi connectivity index (χ0n) is 17.1. The largest absolute Gasteiger partial charge is 0.377 e. The highest BCUT2D eigenvalue weighted by atomic mass is 16.5. The SMILES string of the molecule is CC(=O)N1c2ccc(-c3cnn(C4COC4)c3)cc2N(C(=O)C2(C)CC2)C[C@@H]1C. The Labute approximate surface area is 170 Å². The number of rotatable bonds is 3. The van der Waals surface area contributed by atoms with E-state index in [-0.39, 0.29) is 23.3 Å². The van der Waals surface area contributed by atoms with Crippen LogP contribution in [0.3, 0.4) is 0 Å². The summed E-state index contributed by atoms with van der Waals surface area (Å²) in [6.07, 6.45) is 5.73. The molecule has 152 valence electrons. The van der Waals surface area contributed by atoms with E-state index in [2.05, 4.69) is 5.10 Å². The maximum absolute atomic E-state index is 13.2. The standard InChI is InChI=1S/C22H26N4O3/c1-14-10-24(21(28)22(3)6-7-22)20-8-16(4-5-19(20)26(14)15(2)27)17-9-23-25(11-17)18-12-29-13-18/h4-5,8-9,11,14,18H,6-7,10,12-13H2,1-3H3/t14-/m0/s1. The number of amides is 2. The van der Waals surface area contributed by atoms with E-state index in [0.717, 1.165) is 35.3 Å². The number of benzene rings is 1. The molecule has 2 aromatic rings. The lowest BCUT2D eigenvalue weighted by Crippen LogP contribution is -2.52. The third-order valence-corrected chi connectivity index (χ3v) is 6.44. The molecule has 7 nitrogen and oxygen atoms in total. The van der Waals surface area contributed by atoms with Crippen LogP contribution in [0.25, 0.3) is 11.1 Å². The fourth-order valence-corrected chi connectivity index (χ4v) is 4.27. The van der Waals surface area contributed by atoms with Crippen molar-refractivity contribution < 1.29 is 14.3 Å². The summed E-state index contributed by atoms with van der Waals surface area (Å²) >= 11 is 0. The van der Waals surface area contributed by atoms with Crippen molar-refractivity contribution in [2.24, 2.45) is 5.41 Å². The van der Waals surface area contributed by atoms with E-state index in [1.54, 1.807) is 11.8 Å². The van der Waals surface area contributed by atoms with Gasteiger partial charge in [0.25, 0.3) is 0 Å². The van der Waals surface area contributed by atoms with E-state index in [9.17, 15) is 9.59 Å². The minimum absolute atomic E-state index is 0.00552. The normalized spacial score (nSPS) is 22.8. The molecule has 1 aliphatic carbocycles. The molecule has 2 aliphatic heterocycles. The van der Waals surface area contributed by atoms with Crippen LogP contribution in [0.2, 0.25) is 0 Å². The summed E-state index contributed by atoms with van der Waals surface area (Å²) < 4.78 is 7.20. The summed E-state index contributed by atoms with van der Waals surface area (Å²) in [6.45, 7) is 7.51. The molecule has 1 aromatic heterocycles. The Morgan fingerprint density at radius 2 is 1.93 bits per heavy atom. The highest BCUT2D eigenvalue weighted by Gasteiger charge is 2.49. The monoisotopic (exact) mass is 394 g/mol. The first kappa shape index (κ1) is 18.4. The van der Waals surface area contributed by atoms with Gasteiger partial charge in [0.2, 0.25) is 11.8 Å². The van der Waals surface area contributed by atoms with Crippen molar-refractivity contribution in [3.63, 3.8) is 0 Å². The van der Waals surface area contributed by atoms with Crippen molar-refractivity contribution in [3.8, 4) is 11.1 Å². The van der Waals surface area contributed by atoms with E-state index in [0.29, 0.717) is 25.8 Å². The van der Waals surface area contributed by atoms with E-state index in [4.69, 9.17) is 4.74 Å². The van der Waals surface area contributed by atoms with Gasteiger partial charge in [0, 0.05) is 30.6 Å². The molecule has 5 rings (SSSR count). The topological polar surface area (TPSA) is 67.7 Å². The molecule has 7 heteroatoms. The zero-order chi connectivity index (χ0) is 20.3. The summed E-state index contributed by atoms with van der Waals surface area (Å²) in [5, 5.41) is 4.48. The Balaban J connectivity index is 1.56. The lowest BCUT2D eigenvalue weighted by atomic mass is 10.00. The number of hydrogen-bond acceptors (Lipinski definition) is 4. The molecule has 0 radical (unpaired) electrons. The van der Waals surface area contributed by atoms with E-state index >= 15 is 0 Å². The molecule has 2 amide bonds. The van der Waals surface area contributed by atoms with E-state index in [1.807, 2.05) is 54.0 Å². The van der Waals surface area contributed by atoms with E-state index in [1.165, 1.54) is 0 Å². The minimum Gasteiger partial charge on any atom is -0.377 e. The highest BCUT2D eigenvalue weighted by Crippen LogP contribution is 2.49. The van der Waals surface area contributed by atoms with E-state index < -0.39 is 0 Å². The van der Waals surface area contributed by atoms with Crippen LogP contribution in [0, 0.1) is 5.41 Å². The van der Waals surface area contributed by atoms with Crippen LogP contribution in [-0.4, -0.2) is 47.4 Å². The molecule has 1 aromatic carbocycles.